The molecule has 2 amide bonds. The molecule has 3 aromatic rings. The third-order valence-corrected chi connectivity index (χ3v) is 5.46. The number of H-pyrrole nitrogens is 2. The number of carbonyl (C=O) groups is 2. The van der Waals surface area contributed by atoms with E-state index in [9.17, 15) is 9.59 Å². The average molecular weight is 390 g/mol. The number of amides is 2. The molecule has 0 spiro atoms. The van der Waals surface area contributed by atoms with Gasteiger partial charge >= 0.3 is 0 Å². The van der Waals surface area contributed by atoms with E-state index in [1.54, 1.807) is 12.3 Å². The summed E-state index contributed by atoms with van der Waals surface area (Å²) >= 11 is 0. The number of aromatic nitrogens is 4. The van der Waals surface area contributed by atoms with E-state index >= 15 is 0 Å². The molecule has 1 aliphatic carbocycles. The van der Waals surface area contributed by atoms with Gasteiger partial charge in [0.2, 0.25) is 5.91 Å². The van der Waals surface area contributed by atoms with Crippen LogP contribution in [0.2, 0.25) is 0 Å². The molecule has 0 aromatic carbocycles. The molecule has 0 unspecified atom stereocenters. The molecule has 0 atom stereocenters. The van der Waals surface area contributed by atoms with Crippen LogP contribution in [0.4, 0.5) is 5.69 Å². The summed E-state index contributed by atoms with van der Waals surface area (Å²) in [6.45, 7) is 3.27. The van der Waals surface area contributed by atoms with E-state index in [0.717, 1.165) is 48.2 Å². The van der Waals surface area contributed by atoms with Gasteiger partial charge in [0, 0.05) is 35.8 Å². The van der Waals surface area contributed by atoms with Crippen molar-refractivity contribution in [2.45, 2.75) is 26.2 Å². The number of fused-ring (bicyclic) bond motifs is 1. The summed E-state index contributed by atoms with van der Waals surface area (Å²) in [7, 11) is 0. The standard InChI is InChI=1S/C21H22N6O2/c1-12-8-18(26-25-12)20(28)23-16-9-15-10-17(24-19(15)22-11-16)13-4-6-27(7-5-13)21(29)14-2-3-14/h4,8-11,14H,2-3,5-7H2,1H3,(H,22,24)(H,23,28)(H,25,26). The van der Waals surface area contributed by atoms with Gasteiger partial charge in [0.1, 0.15) is 5.65 Å². The number of carbonyl (C=O) groups excluding carboxylic acids is 2. The third-order valence-electron chi connectivity index (χ3n) is 5.46. The van der Waals surface area contributed by atoms with Gasteiger partial charge in [-0.2, -0.15) is 5.10 Å². The maximum atomic E-state index is 12.3. The number of hydrogen-bond acceptors (Lipinski definition) is 4. The Morgan fingerprint density at radius 2 is 2.10 bits per heavy atom. The summed E-state index contributed by atoms with van der Waals surface area (Å²) in [6.07, 6.45) is 6.66. The molecule has 3 N–H and O–H groups in total. The van der Waals surface area contributed by atoms with Crippen LogP contribution in [0.5, 0.6) is 0 Å². The fourth-order valence-electron chi connectivity index (χ4n) is 3.69. The third kappa shape index (κ3) is 3.53. The summed E-state index contributed by atoms with van der Waals surface area (Å²) in [5.74, 6) is 0.286. The first-order chi connectivity index (χ1) is 14.1. The highest BCUT2D eigenvalue weighted by atomic mass is 16.2. The molecule has 3 aromatic heterocycles. The molecule has 0 saturated heterocycles. The van der Waals surface area contributed by atoms with E-state index in [1.165, 1.54) is 5.57 Å². The van der Waals surface area contributed by atoms with Crippen molar-refractivity contribution in [3.63, 3.8) is 0 Å². The topological polar surface area (TPSA) is 107 Å². The molecule has 4 heterocycles. The number of rotatable bonds is 4. The minimum atomic E-state index is -0.276. The van der Waals surface area contributed by atoms with Gasteiger partial charge < -0.3 is 15.2 Å². The summed E-state index contributed by atoms with van der Waals surface area (Å²) < 4.78 is 0. The molecule has 2 aliphatic rings. The molecule has 0 radical (unpaired) electrons. The quantitative estimate of drug-likeness (QED) is 0.637. The van der Waals surface area contributed by atoms with Crippen molar-refractivity contribution in [1.82, 2.24) is 25.1 Å². The number of nitrogens with zero attached hydrogens (tertiary/aromatic N) is 3. The lowest BCUT2D eigenvalue weighted by Gasteiger charge is -2.26. The van der Waals surface area contributed by atoms with E-state index in [4.69, 9.17) is 0 Å². The van der Waals surface area contributed by atoms with E-state index in [0.29, 0.717) is 23.8 Å². The van der Waals surface area contributed by atoms with Crippen LogP contribution >= 0.6 is 0 Å². The monoisotopic (exact) mass is 390 g/mol. The van der Waals surface area contributed by atoms with Gasteiger partial charge in [-0.15, -0.1) is 0 Å². The fraction of sp³-hybridized carbons (Fsp3) is 0.333. The van der Waals surface area contributed by atoms with Crippen LogP contribution in [0.15, 0.2) is 30.5 Å². The Morgan fingerprint density at radius 3 is 2.79 bits per heavy atom. The number of hydrogen-bond donors (Lipinski definition) is 3. The number of aryl methyl sites for hydroxylation is 1. The Hall–Kier alpha value is -3.42. The van der Waals surface area contributed by atoms with Crippen LogP contribution in [0, 0.1) is 12.8 Å². The van der Waals surface area contributed by atoms with Crippen molar-refractivity contribution < 1.29 is 9.59 Å². The summed E-state index contributed by atoms with van der Waals surface area (Å²) in [4.78, 5) is 34.2. The van der Waals surface area contributed by atoms with E-state index in [-0.39, 0.29) is 11.8 Å². The first kappa shape index (κ1) is 17.7. The molecular formula is C21H22N6O2. The van der Waals surface area contributed by atoms with Crippen LogP contribution in [0.1, 0.15) is 41.1 Å². The van der Waals surface area contributed by atoms with Crippen molar-refractivity contribution in [2.24, 2.45) is 5.92 Å². The molecule has 148 valence electrons. The van der Waals surface area contributed by atoms with E-state index in [2.05, 4.69) is 31.6 Å². The van der Waals surface area contributed by atoms with Crippen LogP contribution in [0.3, 0.4) is 0 Å². The Morgan fingerprint density at radius 1 is 1.24 bits per heavy atom. The highest BCUT2D eigenvalue weighted by Crippen LogP contribution is 2.33. The SMILES string of the molecule is Cc1cc(C(=O)Nc2cnc3[nH]c(C4=CCN(C(=O)C5CC5)CC4)cc3c2)n[nH]1. The Bertz CT molecular complexity index is 1140. The molecule has 1 aliphatic heterocycles. The van der Waals surface area contributed by atoms with Crippen LogP contribution in [-0.4, -0.2) is 50.0 Å². The smallest absolute Gasteiger partial charge is 0.276 e. The summed E-state index contributed by atoms with van der Waals surface area (Å²) in [5, 5.41) is 10.5. The highest BCUT2D eigenvalue weighted by molar-refractivity contribution is 6.03. The maximum absolute atomic E-state index is 12.3. The molecule has 5 rings (SSSR count). The number of nitrogens with one attached hydrogen (secondary N) is 3. The lowest BCUT2D eigenvalue weighted by atomic mass is 10.0. The zero-order valence-corrected chi connectivity index (χ0v) is 16.2. The zero-order chi connectivity index (χ0) is 20.0. The second kappa shape index (κ2) is 6.88. The predicted molar refractivity (Wildman–Crippen MR) is 109 cm³/mol. The molecule has 1 fully saturated rings. The minimum Gasteiger partial charge on any atom is -0.339 e. The largest absolute Gasteiger partial charge is 0.339 e. The Labute approximate surface area is 167 Å². The second-order valence-corrected chi connectivity index (χ2v) is 7.77. The molecule has 1 saturated carbocycles. The second-order valence-electron chi connectivity index (χ2n) is 7.77. The van der Waals surface area contributed by atoms with Gasteiger partial charge in [0.25, 0.3) is 5.91 Å². The zero-order valence-electron chi connectivity index (χ0n) is 16.2. The molecule has 8 heteroatoms. The van der Waals surface area contributed by atoms with Crippen molar-refractivity contribution in [3.8, 4) is 0 Å². The summed E-state index contributed by atoms with van der Waals surface area (Å²) in [5.41, 5.74) is 4.77. The Balaban J connectivity index is 1.32. The van der Waals surface area contributed by atoms with E-state index in [1.807, 2.05) is 24.0 Å². The molecule has 29 heavy (non-hydrogen) atoms. The lowest BCUT2D eigenvalue weighted by Crippen LogP contribution is -2.35. The minimum absolute atomic E-state index is 0.265. The van der Waals surface area contributed by atoms with Gasteiger partial charge in [-0.1, -0.05) is 6.08 Å². The summed E-state index contributed by atoms with van der Waals surface area (Å²) in [6, 6.07) is 5.63. The number of anilines is 1. The highest BCUT2D eigenvalue weighted by Gasteiger charge is 2.33. The van der Waals surface area contributed by atoms with Crippen molar-refractivity contribution in [2.75, 3.05) is 18.4 Å². The van der Waals surface area contributed by atoms with Crippen LogP contribution in [-0.2, 0) is 4.79 Å². The van der Waals surface area contributed by atoms with Crippen molar-refractivity contribution >= 4 is 34.1 Å². The number of pyridine rings is 1. The van der Waals surface area contributed by atoms with Crippen LogP contribution < -0.4 is 5.32 Å². The van der Waals surface area contributed by atoms with Crippen molar-refractivity contribution in [3.05, 3.63) is 47.6 Å². The van der Waals surface area contributed by atoms with Gasteiger partial charge in [0.05, 0.1) is 11.9 Å². The van der Waals surface area contributed by atoms with Crippen LogP contribution in [0.25, 0.3) is 16.6 Å². The maximum Gasteiger partial charge on any atom is 0.276 e. The molecule has 0 bridgehead atoms. The molecule has 8 nitrogen and oxygen atoms in total. The normalized spacial score (nSPS) is 16.7. The van der Waals surface area contributed by atoms with Gasteiger partial charge in [-0.05, 0) is 50.0 Å². The van der Waals surface area contributed by atoms with Crippen molar-refractivity contribution in [1.29, 1.82) is 0 Å². The van der Waals surface area contributed by atoms with Gasteiger partial charge in [-0.3, -0.25) is 14.7 Å². The lowest BCUT2D eigenvalue weighted by molar-refractivity contribution is -0.132. The predicted octanol–water partition coefficient (Wildman–Crippen LogP) is 2.87. The first-order valence-corrected chi connectivity index (χ1v) is 9.87. The van der Waals surface area contributed by atoms with Gasteiger partial charge in [-0.25, -0.2) is 4.98 Å². The van der Waals surface area contributed by atoms with E-state index < -0.39 is 0 Å². The Kier molecular flexibility index (Phi) is 4.19. The average Bonchev–Trinajstić information content (AvgIpc) is 3.35. The van der Waals surface area contributed by atoms with Gasteiger partial charge in [0.15, 0.2) is 5.69 Å². The molecular weight excluding hydrogens is 368 g/mol. The first-order valence-electron chi connectivity index (χ1n) is 9.87. The fourth-order valence-corrected chi connectivity index (χ4v) is 3.69. The number of aromatic amines is 2.